The highest BCUT2D eigenvalue weighted by molar-refractivity contribution is 5.92. The molecule has 0 radical (unpaired) electrons. The Kier molecular flexibility index (Phi) is 5.37. The fourth-order valence-electron chi connectivity index (χ4n) is 3.36. The summed E-state index contributed by atoms with van der Waals surface area (Å²) in [4.78, 5) is 20.9. The Bertz CT molecular complexity index is 986. The number of carbonyl (C=O) groups is 1. The van der Waals surface area contributed by atoms with Crippen LogP contribution in [-0.2, 0) is 6.54 Å². The summed E-state index contributed by atoms with van der Waals surface area (Å²) in [5.41, 5.74) is 1.98. The van der Waals surface area contributed by atoms with Crippen LogP contribution in [0.1, 0.15) is 16.2 Å². The molecule has 0 bridgehead atoms. The highest BCUT2D eigenvalue weighted by atomic mass is 19.1. The number of pyridine rings is 1. The van der Waals surface area contributed by atoms with Gasteiger partial charge in [-0.3, -0.25) is 9.78 Å². The van der Waals surface area contributed by atoms with Crippen LogP contribution < -0.4 is 9.64 Å². The zero-order chi connectivity index (χ0) is 20.2. The Balaban J connectivity index is 1.38. The van der Waals surface area contributed by atoms with Crippen molar-refractivity contribution in [2.45, 2.75) is 6.54 Å². The van der Waals surface area contributed by atoms with Crippen molar-refractivity contribution in [3.05, 3.63) is 66.0 Å². The number of rotatable bonds is 5. The van der Waals surface area contributed by atoms with E-state index in [1.807, 2.05) is 18.2 Å². The second-order valence-corrected chi connectivity index (χ2v) is 6.72. The third-order valence-corrected chi connectivity index (χ3v) is 4.86. The normalized spacial score (nSPS) is 14.1. The SMILES string of the molecule is COc1cc(F)ccc1N1CCN(C(=O)c2cn(Cc3ccccn3)nn2)CC1. The van der Waals surface area contributed by atoms with Gasteiger partial charge in [0.05, 0.1) is 31.2 Å². The molecular weight excluding hydrogens is 375 g/mol. The van der Waals surface area contributed by atoms with Crippen LogP contribution in [0.5, 0.6) is 5.75 Å². The van der Waals surface area contributed by atoms with Crippen LogP contribution in [0.2, 0.25) is 0 Å². The van der Waals surface area contributed by atoms with E-state index in [-0.39, 0.29) is 11.7 Å². The molecule has 4 rings (SSSR count). The summed E-state index contributed by atoms with van der Waals surface area (Å²) in [5, 5.41) is 8.06. The summed E-state index contributed by atoms with van der Waals surface area (Å²) in [6.45, 7) is 2.77. The van der Waals surface area contributed by atoms with E-state index in [1.54, 1.807) is 28.0 Å². The quantitative estimate of drug-likeness (QED) is 0.655. The summed E-state index contributed by atoms with van der Waals surface area (Å²) < 4.78 is 20.3. The average Bonchev–Trinajstić information content (AvgIpc) is 3.22. The van der Waals surface area contributed by atoms with Gasteiger partial charge in [0.25, 0.3) is 5.91 Å². The van der Waals surface area contributed by atoms with Crippen molar-refractivity contribution in [2.75, 3.05) is 38.2 Å². The van der Waals surface area contributed by atoms with Crippen molar-refractivity contribution >= 4 is 11.6 Å². The molecule has 3 heterocycles. The highest BCUT2D eigenvalue weighted by Crippen LogP contribution is 2.29. The number of nitrogens with zero attached hydrogens (tertiary/aromatic N) is 6. The molecule has 0 saturated carbocycles. The molecule has 0 spiro atoms. The van der Waals surface area contributed by atoms with Gasteiger partial charge >= 0.3 is 0 Å². The Hall–Kier alpha value is -3.49. The summed E-state index contributed by atoms with van der Waals surface area (Å²) in [6.07, 6.45) is 3.36. The highest BCUT2D eigenvalue weighted by Gasteiger charge is 2.25. The maximum Gasteiger partial charge on any atom is 0.276 e. The standard InChI is InChI=1S/C20H21FN6O2/c1-29-19-12-15(21)5-6-18(19)25-8-10-26(11-9-25)20(28)17-14-27(24-23-17)13-16-4-2-3-7-22-16/h2-7,12,14H,8-11,13H2,1H3. The Morgan fingerprint density at radius 1 is 1.17 bits per heavy atom. The number of hydrogen-bond donors (Lipinski definition) is 0. The molecule has 2 aromatic heterocycles. The molecular formula is C20H21FN6O2. The molecule has 1 saturated heterocycles. The molecule has 0 unspecified atom stereocenters. The summed E-state index contributed by atoms with van der Waals surface area (Å²) in [5.74, 6) is -0.00145. The van der Waals surface area contributed by atoms with Crippen molar-refractivity contribution in [3.63, 3.8) is 0 Å². The maximum absolute atomic E-state index is 13.4. The first kappa shape index (κ1) is 18.9. The minimum Gasteiger partial charge on any atom is -0.494 e. The predicted molar refractivity (Wildman–Crippen MR) is 104 cm³/mol. The summed E-state index contributed by atoms with van der Waals surface area (Å²) in [6, 6.07) is 10.1. The van der Waals surface area contributed by atoms with Crippen LogP contribution in [0.15, 0.2) is 48.8 Å². The number of piperazine rings is 1. The minimum absolute atomic E-state index is 0.150. The lowest BCUT2D eigenvalue weighted by molar-refractivity contribution is 0.0740. The minimum atomic E-state index is -0.340. The number of halogens is 1. The van der Waals surface area contributed by atoms with Crippen LogP contribution in [0.25, 0.3) is 0 Å². The molecule has 9 heteroatoms. The van der Waals surface area contributed by atoms with Crippen molar-refractivity contribution in [2.24, 2.45) is 0 Å². The molecule has 1 aromatic carbocycles. The zero-order valence-electron chi connectivity index (χ0n) is 16.0. The van der Waals surface area contributed by atoms with E-state index < -0.39 is 0 Å². The van der Waals surface area contributed by atoms with Crippen LogP contribution in [0.3, 0.4) is 0 Å². The number of ether oxygens (including phenoxy) is 1. The molecule has 3 aromatic rings. The van der Waals surface area contributed by atoms with Crippen molar-refractivity contribution in [3.8, 4) is 5.75 Å². The lowest BCUT2D eigenvalue weighted by Gasteiger charge is -2.36. The van der Waals surface area contributed by atoms with Crippen molar-refractivity contribution in [1.29, 1.82) is 0 Å². The van der Waals surface area contributed by atoms with E-state index in [0.717, 1.165) is 11.4 Å². The molecule has 150 valence electrons. The van der Waals surface area contributed by atoms with E-state index in [0.29, 0.717) is 44.2 Å². The van der Waals surface area contributed by atoms with Gasteiger partial charge in [-0.2, -0.15) is 0 Å². The fourth-order valence-corrected chi connectivity index (χ4v) is 3.36. The van der Waals surface area contributed by atoms with Crippen LogP contribution >= 0.6 is 0 Å². The van der Waals surface area contributed by atoms with Crippen LogP contribution in [0.4, 0.5) is 10.1 Å². The smallest absolute Gasteiger partial charge is 0.276 e. The molecule has 1 amide bonds. The first-order valence-electron chi connectivity index (χ1n) is 9.32. The molecule has 1 fully saturated rings. The first-order chi connectivity index (χ1) is 14.1. The Labute approximate surface area is 167 Å². The number of methoxy groups -OCH3 is 1. The largest absolute Gasteiger partial charge is 0.494 e. The van der Waals surface area contributed by atoms with Gasteiger partial charge in [0, 0.05) is 38.4 Å². The van der Waals surface area contributed by atoms with Gasteiger partial charge in [0.1, 0.15) is 11.6 Å². The van der Waals surface area contributed by atoms with Gasteiger partial charge in [0.15, 0.2) is 5.69 Å². The molecule has 0 aliphatic carbocycles. The number of anilines is 1. The topological polar surface area (TPSA) is 76.4 Å². The fraction of sp³-hybridized carbons (Fsp3) is 0.300. The number of hydrogen-bond acceptors (Lipinski definition) is 6. The van der Waals surface area contributed by atoms with E-state index in [9.17, 15) is 9.18 Å². The zero-order valence-corrected chi connectivity index (χ0v) is 16.0. The third kappa shape index (κ3) is 4.18. The molecule has 0 atom stereocenters. The first-order valence-corrected chi connectivity index (χ1v) is 9.32. The van der Waals surface area contributed by atoms with Gasteiger partial charge < -0.3 is 14.5 Å². The van der Waals surface area contributed by atoms with Crippen molar-refractivity contribution < 1.29 is 13.9 Å². The number of carbonyl (C=O) groups excluding carboxylic acids is 1. The van der Waals surface area contributed by atoms with Gasteiger partial charge in [-0.1, -0.05) is 11.3 Å². The molecule has 8 nitrogen and oxygen atoms in total. The predicted octanol–water partition coefficient (Wildman–Crippen LogP) is 1.83. The number of aromatic nitrogens is 4. The summed E-state index contributed by atoms with van der Waals surface area (Å²) in [7, 11) is 1.52. The Morgan fingerprint density at radius 3 is 2.72 bits per heavy atom. The van der Waals surface area contributed by atoms with Gasteiger partial charge in [-0.05, 0) is 24.3 Å². The molecule has 1 aliphatic rings. The van der Waals surface area contributed by atoms with Gasteiger partial charge in [-0.25, -0.2) is 9.07 Å². The average molecular weight is 396 g/mol. The monoisotopic (exact) mass is 396 g/mol. The maximum atomic E-state index is 13.4. The third-order valence-electron chi connectivity index (χ3n) is 4.86. The van der Waals surface area contributed by atoms with Crippen LogP contribution in [0, 0.1) is 5.82 Å². The number of benzene rings is 1. The lowest BCUT2D eigenvalue weighted by atomic mass is 10.2. The second-order valence-electron chi connectivity index (χ2n) is 6.72. The van der Waals surface area contributed by atoms with E-state index >= 15 is 0 Å². The van der Waals surface area contributed by atoms with E-state index in [2.05, 4.69) is 20.2 Å². The lowest BCUT2D eigenvalue weighted by Crippen LogP contribution is -2.49. The molecule has 1 aliphatic heterocycles. The van der Waals surface area contributed by atoms with Crippen LogP contribution in [-0.4, -0.2) is 64.1 Å². The molecule has 29 heavy (non-hydrogen) atoms. The second kappa shape index (κ2) is 8.26. The van der Waals surface area contributed by atoms with Gasteiger partial charge in [0.2, 0.25) is 0 Å². The number of amides is 1. The summed E-state index contributed by atoms with van der Waals surface area (Å²) >= 11 is 0. The molecule has 0 N–H and O–H groups in total. The van der Waals surface area contributed by atoms with E-state index in [1.165, 1.54) is 19.2 Å². The van der Waals surface area contributed by atoms with Crippen molar-refractivity contribution in [1.82, 2.24) is 24.9 Å². The van der Waals surface area contributed by atoms with E-state index in [4.69, 9.17) is 4.74 Å². The Morgan fingerprint density at radius 2 is 2.00 bits per heavy atom. The van der Waals surface area contributed by atoms with Gasteiger partial charge in [-0.15, -0.1) is 5.10 Å².